The maximum Gasteiger partial charge on any atom is 0.244 e. The molecular weight excluding hydrogens is 256 g/mol. The molecule has 106 valence electrons. The summed E-state index contributed by atoms with van der Waals surface area (Å²) < 4.78 is 7.39. The first-order valence-electron chi connectivity index (χ1n) is 6.75. The first-order chi connectivity index (χ1) is 9.63. The molecule has 3 heterocycles. The number of imidazole rings is 1. The maximum atomic E-state index is 12.2. The van der Waals surface area contributed by atoms with E-state index in [-0.39, 0.29) is 18.1 Å². The van der Waals surface area contributed by atoms with Crippen molar-refractivity contribution < 1.29 is 9.53 Å². The molecule has 6 heteroatoms. The quantitative estimate of drug-likeness (QED) is 0.856. The van der Waals surface area contributed by atoms with Crippen LogP contribution >= 0.6 is 0 Å². The number of nitrogens with one attached hydrogen (secondary N) is 2. The van der Waals surface area contributed by atoms with Gasteiger partial charge in [-0.05, 0) is 26.0 Å². The Bertz CT molecular complexity index is 637. The third kappa shape index (κ3) is 2.52. The average Bonchev–Trinajstić information content (AvgIpc) is 2.78. The molecule has 0 radical (unpaired) electrons. The molecule has 6 nitrogen and oxygen atoms in total. The van der Waals surface area contributed by atoms with Crippen molar-refractivity contribution in [2.75, 3.05) is 18.5 Å². The molecule has 0 bridgehead atoms. The van der Waals surface area contributed by atoms with Crippen molar-refractivity contribution >= 4 is 17.2 Å². The number of nitrogens with zero attached hydrogens (tertiary/aromatic N) is 2. The van der Waals surface area contributed by atoms with Crippen LogP contribution in [0.15, 0.2) is 24.5 Å². The van der Waals surface area contributed by atoms with Crippen LogP contribution in [0.25, 0.3) is 5.65 Å². The molecule has 0 unspecified atom stereocenters. The van der Waals surface area contributed by atoms with Gasteiger partial charge < -0.3 is 19.8 Å². The van der Waals surface area contributed by atoms with E-state index in [0.29, 0.717) is 13.2 Å². The van der Waals surface area contributed by atoms with Crippen LogP contribution in [0.2, 0.25) is 0 Å². The smallest absolute Gasteiger partial charge is 0.244 e. The number of carbonyl (C=O) groups is 1. The summed E-state index contributed by atoms with van der Waals surface area (Å²) in [4.78, 5) is 16.6. The number of amides is 1. The van der Waals surface area contributed by atoms with Gasteiger partial charge in [0.25, 0.3) is 0 Å². The number of aryl methyl sites for hydroxylation is 1. The van der Waals surface area contributed by atoms with E-state index in [1.807, 2.05) is 42.8 Å². The molecule has 2 atom stereocenters. The van der Waals surface area contributed by atoms with E-state index in [1.54, 1.807) is 0 Å². The molecule has 3 rings (SSSR count). The van der Waals surface area contributed by atoms with Crippen LogP contribution in [-0.2, 0) is 9.53 Å². The van der Waals surface area contributed by atoms with Gasteiger partial charge in [-0.2, -0.15) is 0 Å². The summed E-state index contributed by atoms with van der Waals surface area (Å²) in [5.74, 6) is -0.0756. The van der Waals surface area contributed by atoms with Crippen LogP contribution in [0.1, 0.15) is 12.6 Å². The zero-order valence-electron chi connectivity index (χ0n) is 11.6. The van der Waals surface area contributed by atoms with Gasteiger partial charge in [0.15, 0.2) is 0 Å². The van der Waals surface area contributed by atoms with Crippen LogP contribution in [0.3, 0.4) is 0 Å². The highest BCUT2D eigenvalue weighted by Crippen LogP contribution is 2.13. The normalized spacial score (nSPS) is 22.9. The highest BCUT2D eigenvalue weighted by Gasteiger charge is 2.28. The van der Waals surface area contributed by atoms with E-state index < -0.39 is 0 Å². The van der Waals surface area contributed by atoms with Crippen molar-refractivity contribution in [3.8, 4) is 0 Å². The number of aromatic nitrogens is 2. The second-order valence-electron chi connectivity index (χ2n) is 5.06. The second-order valence-corrected chi connectivity index (χ2v) is 5.06. The topological polar surface area (TPSA) is 67.7 Å². The van der Waals surface area contributed by atoms with Gasteiger partial charge in [0.05, 0.1) is 24.1 Å². The van der Waals surface area contributed by atoms with Crippen molar-refractivity contribution in [1.82, 2.24) is 14.7 Å². The monoisotopic (exact) mass is 274 g/mol. The Hall–Kier alpha value is -1.92. The Morgan fingerprint density at radius 1 is 1.50 bits per heavy atom. The maximum absolute atomic E-state index is 12.2. The lowest BCUT2D eigenvalue weighted by molar-refractivity contribution is -0.123. The highest BCUT2D eigenvalue weighted by molar-refractivity contribution is 5.95. The number of fused-ring (bicyclic) bond motifs is 1. The van der Waals surface area contributed by atoms with Gasteiger partial charge in [0.2, 0.25) is 5.91 Å². The second kappa shape index (κ2) is 5.22. The van der Waals surface area contributed by atoms with Gasteiger partial charge in [-0.1, -0.05) is 0 Å². The minimum Gasteiger partial charge on any atom is -0.375 e. The highest BCUT2D eigenvalue weighted by atomic mass is 16.5. The summed E-state index contributed by atoms with van der Waals surface area (Å²) in [6.45, 7) is 5.18. The molecule has 0 aliphatic carbocycles. The number of hydrogen-bond acceptors (Lipinski definition) is 4. The number of rotatable bonds is 2. The third-order valence-electron chi connectivity index (χ3n) is 3.44. The zero-order chi connectivity index (χ0) is 14.1. The summed E-state index contributed by atoms with van der Waals surface area (Å²) in [5.41, 5.74) is 2.57. The molecule has 1 aliphatic heterocycles. The fraction of sp³-hybridized carbons (Fsp3) is 0.429. The van der Waals surface area contributed by atoms with E-state index in [9.17, 15) is 4.79 Å². The van der Waals surface area contributed by atoms with Crippen LogP contribution in [0.4, 0.5) is 5.69 Å². The number of anilines is 1. The van der Waals surface area contributed by atoms with Crippen molar-refractivity contribution in [2.24, 2.45) is 0 Å². The summed E-state index contributed by atoms with van der Waals surface area (Å²) in [7, 11) is 0. The lowest BCUT2D eigenvalue weighted by Crippen LogP contribution is -2.53. The first kappa shape index (κ1) is 13.1. The van der Waals surface area contributed by atoms with Crippen LogP contribution < -0.4 is 10.6 Å². The Kier molecular flexibility index (Phi) is 3.42. The van der Waals surface area contributed by atoms with E-state index in [0.717, 1.165) is 17.0 Å². The minimum absolute atomic E-state index is 0.0756. The third-order valence-corrected chi connectivity index (χ3v) is 3.44. The first-order valence-corrected chi connectivity index (χ1v) is 6.75. The number of carbonyl (C=O) groups excluding carboxylic acids is 1. The van der Waals surface area contributed by atoms with Crippen molar-refractivity contribution in [3.05, 3.63) is 30.2 Å². The number of hydrogen-bond donors (Lipinski definition) is 2. The molecule has 20 heavy (non-hydrogen) atoms. The van der Waals surface area contributed by atoms with Gasteiger partial charge >= 0.3 is 0 Å². The SMILES string of the molecule is Cc1cn2cc(NC(=O)[C@H]3NCCO[C@@H]3C)ccc2n1. The van der Waals surface area contributed by atoms with Gasteiger partial charge in [-0.3, -0.25) is 4.79 Å². The van der Waals surface area contributed by atoms with Gasteiger partial charge in [-0.15, -0.1) is 0 Å². The Morgan fingerprint density at radius 2 is 2.35 bits per heavy atom. The fourth-order valence-corrected chi connectivity index (χ4v) is 2.44. The summed E-state index contributed by atoms with van der Waals surface area (Å²) >= 11 is 0. The van der Waals surface area contributed by atoms with Crippen molar-refractivity contribution in [2.45, 2.75) is 26.0 Å². The standard InChI is InChI=1S/C14H18N4O2/c1-9-7-18-8-11(3-4-12(18)16-9)17-14(19)13-10(2)20-6-5-15-13/h3-4,7-8,10,13,15H,5-6H2,1-2H3,(H,17,19)/t10-,13+/m1/s1. The molecule has 2 aromatic rings. The van der Waals surface area contributed by atoms with Crippen molar-refractivity contribution in [1.29, 1.82) is 0 Å². The summed E-state index contributed by atoms with van der Waals surface area (Å²) in [5, 5.41) is 6.09. The van der Waals surface area contributed by atoms with Gasteiger partial charge in [0.1, 0.15) is 11.7 Å². The molecule has 2 aromatic heterocycles. The van der Waals surface area contributed by atoms with Crippen LogP contribution in [-0.4, -0.2) is 40.6 Å². The van der Waals surface area contributed by atoms with Gasteiger partial charge in [-0.25, -0.2) is 4.98 Å². The van der Waals surface area contributed by atoms with Crippen molar-refractivity contribution in [3.63, 3.8) is 0 Å². The average molecular weight is 274 g/mol. The molecule has 0 aromatic carbocycles. The largest absolute Gasteiger partial charge is 0.375 e. The summed E-state index contributed by atoms with van der Waals surface area (Å²) in [6.07, 6.45) is 3.67. The molecule has 1 amide bonds. The van der Waals surface area contributed by atoms with E-state index in [1.165, 1.54) is 0 Å². The predicted molar refractivity (Wildman–Crippen MR) is 75.8 cm³/mol. The predicted octanol–water partition coefficient (Wildman–Crippen LogP) is 0.958. The Labute approximate surface area is 117 Å². The number of morpholine rings is 1. The Morgan fingerprint density at radius 3 is 3.15 bits per heavy atom. The Balaban J connectivity index is 1.76. The molecule has 1 saturated heterocycles. The zero-order valence-corrected chi connectivity index (χ0v) is 11.6. The van der Waals surface area contributed by atoms with Gasteiger partial charge in [0, 0.05) is 18.9 Å². The minimum atomic E-state index is -0.316. The number of ether oxygens (including phenoxy) is 1. The fourth-order valence-electron chi connectivity index (χ4n) is 2.44. The molecule has 0 spiro atoms. The molecule has 1 aliphatic rings. The van der Waals surface area contributed by atoms with E-state index >= 15 is 0 Å². The van der Waals surface area contributed by atoms with Crippen LogP contribution in [0, 0.1) is 6.92 Å². The molecular formula is C14H18N4O2. The van der Waals surface area contributed by atoms with E-state index in [4.69, 9.17) is 4.74 Å². The lowest BCUT2D eigenvalue weighted by atomic mass is 10.1. The lowest BCUT2D eigenvalue weighted by Gasteiger charge is -2.29. The molecule has 2 N–H and O–H groups in total. The summed E-state index contributed by atoms with van der Waals surface area (Å²) in [6, 6.07) is 3.43. The molecule has 1 fully saturated rings. The van der Waals surface area contributed by atoms with Crippen LogP contribution in [0.5, 0.6) is 0 Å². The molecule has 0 saturated carbocycles. The number of pyridine rings is 1. The van der Waals surface area contributed by atoms with E-state index in [2.05, 4.69) is 15.6 Å².